The second kappa shape index (κ2) is 5.79. The Balaban J connectivity index is 1.57. The van der Waals surface area contributed by atoms with E-state index in [2.05, 4.69) is 31.1 Å². The molecule has 0 unspecified atom stereocenters. The Hall–Kier alpha value is -1.27. The summed E-state index contributed by atoms with van der Waals surface area (Å²) in [6.07, 6.45) is 7.56. The van der Waals surface area contributed by atoms with Gasteiger partial charge in [0.05, 0.1) is 5.69 Å². The van der Waals surface area contributed by atoms with E-state index in [1.165, 1.54) is 36.7 Å². The fraction of sp³-hybridized carbons (Fsp3) is 0.615. The number of piperidine rings is 1. The van der Waals surface area contributed by atoms with Gasteiger partial charge in [-0.1, -0.05) is 4.49 Å². The standard InChI is InChI=1S/C13H19N5S/c1-17-6-4-14-13(17)7-11-3-2-5-18(8-11)9-12-10-19-16-15-12/h4,6,10-11H,2-3,5,7-9H2,1H3/t11-/m1/s1. The molecule has 19 heavy (non-hydrogen) atoms. The molecule has 1 aliphatic heterocycles. The first-order valence-corrected chi connectivity index (χ1v) is 7.59. The van der Waals surface area contributed by atoms with Crippen molar-refractivity contribution < 1.29 is 0 Å². The number of hydrogen-bond acceptors (Lipinski definition) is 5. The Morgan fingerprint density at radius 3 is 3.16 bits per heavy atom. The van der Waals surface area contributed by atoms with Gasteiger partial charge in [0, 0.05) is 44.3 Å². The molecular weight excluding hydrogens is 258 g/mol. The van der Waals surface area contributed by atoms with E-state index in [4.69, 9.17) is 0 Å². The van der Waals surface area contributed by atoms with Crippen LogP contribution in [0.4, 0.5) is 0 Å². The van der Waals surface area contributed by atoms with Gasteiger partial charge in [-0.3, -0.25) is 4.90 Å². The topological polar surface area (TPSA) is 46.8 Å². The Morgan fingerprint density at radius 2 is 2.42 bits per heavy atom. The zero-order chi connectivity index (χ0) is 13.1. The second-order valence-corrected chi connectivity index (χ2v) is 5.91. The quantitative estimate of drug-likeness (QED) is 0.854. The summed E-state index contributed by atoms with van der Waals surface area (Å²) in [5.74, 6) is 1.91. The van der Waals surface area contributed by atoms with Crippen molar-refractivity contribution in [2.24, 2.45) is 13.0 Å². The van der Waals surface area contributed by atoms with Gasteiger partial charge in [-0.15, -0.1) is 5.10 Å². The molecule has 0 spiro atoms. The minimum Gasteiger partial charge on any atom is -0.338 e. The summed E-state index contributed by atoms with van der Waals surface area (Å²) < 4.78 is 6.06. The van der Waals surface area contributed by atoms with Gasteiger partial charge in [-0.05, 0) is 36.8 Å². The molecule has 0 aliphatic carbocycles. The third-order valence-electron chi connectivity index (χ3n) is 3.79. The fourth-order valence-corrected chi connectivity index (χ4v) is 3.24. The van der Waals surface area contributed by atoms with Crippen molar-refractivity contribution in [3.63, 3.8) is 0 Å². The first kappa shape index (κ1) is 12.7. The fourth-order valence-electron chi connectivity index (χ4n) is 2.79. The predicted molar refractivity (Wildman–Crippen MR) is 74.8 cm³/mol. The van der Waals surface area contributed by atoms with Crippen molar-refractivity contribution in [3.05, 3.63) is 29.3 Å². The summed E-state index contributed by atoms with van der Waals surface area (Å²) in [6.45, 7) is 3.26. The lowest BCUT2D eigenvalue weighted by Crippen LogP contribution is -2.36. The number of likely N-dealkylation sites (tertiary alicyclic amines) is 1. The van der Waals surface area contributed by atoms with Crippen LogP contribution in [-0.4, -0.2) is 37.1 Å². The molecule has 102 valence electrons. The van der Waals surface area contributed by atoms with Gasteiger partial charge < -0.3 is 4.57 Å². The Kier molecular flexibility index (Phi) is 3.89. The van der Waals surface area contributed by atoms with Crippen molar-refractivity contribution in [3.8, 4) is 0 Å². The average molecular weight is 277 g/mol. The molecule has 1 aliphatic rings. The summed E-state index contributed by atoms with van der Waals surface area (Å²) in [5.41, 5.74) is 1.10. The van der Waals surface area contributed by atoms with Crippen LogP contribution in [0.2, 0.25) is 0 Å². The smallest absolute Gasteiger partial charge is 0.108 e. The van der Waals surface area contributed by atoms with Crippen molar-refractivity contribution in [2.45, 2.75) is 25.8 Å². The number of rotatable bonds is 4. The zero-order valence-electron chi connectivity index (χ0n) is 11.2. The van der Waals surface area contributed by atoms with Crippen LogP contribution in [0.25, 0.3) is 0 Å². The molecule has 0 radical (unpaired) electrons. The van der Waals surface area contributed by atoms with Crippen LogP contribution >= 0.6 is 11.5 Å². The molecule has 2 aromatic rings. The van der Waals surface area contributed by atoms with Crippen LogP contribution < -0.4 is 0 Å². The van der Waals surface area contributed by atoms with Crippen LogP contribution in [0.15, 0.2) is 17.8 Å². The highest BCUT2D eigenvalue weighted by Gasteiger charge is 2.21. The number of aryl methyl sites for hydroxylation is 1. The van der Waals surface area contributed by atoms with Crippen LogP contribution in [0.1, 0.15) is 24.4 Å². The van der Waals surface area contributed by atoms with Gasteiger partial charge >= 0.3 is 0 Å². The molecule has 3 heterocycles. The van der Waals surface area contributed by atoms with Crippen LogP contribution in [0.3, 0.4) is 0 Å². The lowest BCUT2D eigenvalue weighted by atomic mass is 9.94. The van der Waals surface area contributed by atoms with Crippen molar-refractivity contribution in [2.75, 3.05) is 13.1 Å². The van der Waals surface area contributed by atoms with Gasteiger partial charge in [-0.2, -0.15) is 0 Å². The monoisotopic (exact) mass is 277 g/mol. The summed E-state index contributed by atoms with van der Waals surface area (Å²) >= 11 is 1.43. The highest BCUT2D eigenvalue weighted by atomic mass is 32.1. The number of imidazole rings is 1. The molecule has 0 bridgehead atoms. The largest absolute Gasteiger partial charge is 0.338 e. The Bertz CT molecular complexity index is 507. The van der Waals surface area contributed by atoms with Crippen molar-refractivity contribution in [1.82, 2.24) is 24.0 Å². The molecule has 0 aromatic carbocycles. The molecule has 0 amide bonds. The van der Waals surface area contributed by atoms with Crippen LogP contribution in [0.5, 0.6) is 0 Å². The van der Waals surface area contributed by atoms with Gasteiger partial charge in [0.15, 0.2) is 0 Å². The Labute approximate surface area is 117 Å². The average Bonchev–Trinajstić information content (AvgIpc) is 3.03. The minimum atomic E-state index is 0.710. The molecular formula is C13H19N5S. The highest BCUT2D eigenvalue weighted by Crippen LogP contribution is 2.21. The third-order valence-corrected chi connectivity index (χ3v) is 4.34. The third kappa shape index (κ3) is 3.19. The van der Waals surface area contributed by atoms with Gasteiger partial charge in [0.25, 0.3) is 0 Å². The van der Waals surface area contributed by atoms with E-state index < -0.39 is 0 Å². The van der Waals surface area contributed by atoms with E-state index >= 15 is 0 Å². The summed E-state index contributed by atoms with van der Waals surface area (Å²) in [4.78, 5) is 6.93. The van der Waals surface area contributed by atoms with Gasteiger partial charge in [0.1, 0.15) is 5.82 Å². The van der Waals surface area contributed by atoms with Crippen molar-refractivity contribution in [1.29, 1.82) is 0 Å². The van der Waals surface area contributed by atoms with Crippen LogP contribution in [-0.2, 0) is 20.0 Å². The number of aromatic nitrogens is 4. The second-order valence-electron chi connectivity index (χ2n) is 5.30. The number of nitrogens with zero attached hydrogens (tertiary/aromatic N) is 5. The normalized spacial score (nSPS) is 20.8. The van der Waals surface area contributed by atoms with E-state index in [0.717, 1.165) is 25.2 Å². The summed E-state index contributed by atoms with van der Waals surface area (Å²) in [5, 5.41) is 6.18. The Morgan fingerprint density at radius 1 is 1.47 bits per heavy atom. The maximum Gasteiger partial charge on any atom is 0.108 e. The molecule has 0 saturated carbocycles. The molecule has 6 heteroatoms. The van der Waals surface area contributed by atoms with E-state index in [1.807, 2.05) is 17.8 Å². The lowest BCUT2D eigenvalue weighted by molar-refractivity contribution is 0.163. The first-order chi connectivity index (χ1) is 9.31. The van der Waals surface area contributed by atoms with E-state index in [1.54, 1.807) is 0 Å². The summed E-state index contributed by atoms with van der Waals surface area (Å²) in [7, 11) is 2.07. The molecule has 3 rings (SSSR count). The molecule has 5 nitrogen and oxygen atoms in total. The predicted octanol–water partition coefficient (Wildman–Crippen LogP) is 1.73. The molecule has 2 aromatic heterocycles. The van der Waals surface area contributed by atoms with Gasteiger partial charge in [0.2, 0.25) is 0 Å². The first-order valence-electron chi connectivity index (χ1n) is 6.76. The molecule has 1 saturated heterocycles. The van der Waals surface area contributed by atoms with Crippen LogP contribution in [0, 0.1) is 5.92 Å². The van der Waals surface area contributed by atoms with E-state index in [9.17, 15) is 0 Å². The van der Waals surface area contributed by atoms with Crippen molar-refractivity contribution >= 4 is 11.5 Å². The summed E-state index contributed by atoms with van der Waals surface area (Å²) in [6, 6.07) is 0. The highest BCUT2D eigenvalue weighted by molar-refractivity contribution is 7.03. The maximum atomic E-state index is 4.43. The number of hydrogen-bond donors (Lipinski definition) is 0. The SMILES string of the molecule is Cn1ccnc1C[C@H]1CCCN(Cc2csnn2)C1. The van der Waals surface area contributed by atoms with E-state index in [-0.39, 0.29) is 0 Å². The molecule has 1 atom stereocenters. The maximum absolute atomic E-state index is 4.43. The minimum absolute atomic E-state index is 0.710. The van der Waals surface area contributed by atoms with E-state index in [0.29, 0.717) is 5.92 Å². The molecule has 1 fully saturated rings. The van der Waals surface area contributed by atoms with Gasteiger partial charge in [-0.25, -0.2) is 4.98 Å². The zero-order valence-corrected chi connectivity index (χ0v) is 12.0. The lowest BCUT2D eigenvalue weighted by Gasteiger charge is -2.32. The molecule has 0 N–H and O–H groups in total.